The summed E-state index contributed by atoms with van der Waals surface area (Å²) >= 11 is 6.77. The van der Waals surface area contributed by atoms with Crippen molar-refractivity contribution in [2.75, 3.05) is 0 Å². The van der Waals surface area contributed by atoms with E-state index in [1.807, 2.05) is 12.1 Å². The van der Waals surface area contributed by atoms with Crippen molar-refractivity contribution in [2.24, 2.45) is 0 Å². The third kappa shape index (κ3) is 2.65. The first-order chi connectivity index (χ1) is 17.7. The van der Waals surface area contributed by atoms with Gasteiger partial charge in [-0.1, -0.05) is 96.7 Å². The number of hydrogen-bond acceptors (Lipinski definition) is 3. The first-order valence-electron chi connectivity index (χ1n) is 12.0. The van der Waals surface area contributed by atoms with Crippen LogP contribution >= 0.6 is 6.04 Å². The van der Waals surface area contributed by atoms with Gasteiger partial charge in [0, 0.05) is 10.6 Å². The van der Waals surface area contributed by atoms with Gasteiger partial charge in [0.15, 0.2) is 0 Å². The number of hydrogen-bond donors (Lipinski definition) is 0. The average Bonchev–Trinajstić information content (AvgIpc) is 2.92. The molecule has 2 nitrogen and oxygen atoms in total. The van der Waals surface area contributed by atoms with Crippen LogP contribution in [0.2, 0.25) is 0 Å². The van der Waals surface area contributed by atoms with Crippen molar-refractivity contribution in [1.82, 2.24) is 0 Å². The Morgan fingerprint density at radius 3 is 1.97 bits per heavy atom. The molecule has 6 aromatic rings. The van der Waals surface area contributed by atoms with E-state index in [2.05, 4.69) is 103 Å². The van der Waals surface area contributed by atoms with E-state index in [1.165, 1.54) is 16.2 Å². The molecule has 0 aliphatic carbocycles. The van der Waals surface area contributed by atoms with Gasteiger partial charge in [0.1, 0.15) is 23.0 Å². The fraction of sp³-hybridized carbons (Fsp3) is 0. The maximum absolute atomic E-state index is 6.77. The lowest BCUT2D eigenvalue weighted by Gasteiger charge is -2.38. The Morgan fingerprint density at radius 1 is 0.500 bits per heavy atom. The lowest BCUT2D eigenvalue weighted by atomic mass is 9.98. The number of rotatable bonds is 1. The van der Waals surface area contributed by atoms with Crippen molar-refractivity contribution < 1.29 is 9.47 Å². The number of para-hydroxylation sites is 1. The lowest BCUT2D eigenvalue weighted by molar-refractivity contribution is 0.467. The lowest BCUT2D eigenvalue weighted by Crippen LogP contribution is -2.35. The third-order valence-corrected chi connectivity index (χ3v) is 12.2. The van der Waals surface area contributed by atoms with Gasteiger partial charge >= 0.3 is 0 Å². The molecule has 2 aliphatic heterocycles. The summed E-state index contributed by atoms with van der Waals surface area (Å²) in [5, 5.41) is 7.96. The SMILES string of the molecule is S=[P@@]12c3ccccc3Oc3cc(-c4cccc5ccccc45)cc(c31)Oc1ccc3ccccc3c12. The molecule has 6 aromatic carbocycles. The van der Waals surface area contributed by atoms with Crippen molar-refractivity contribution in [3.05, 3.63) is 115 Å². The number of ether oxygens (including phenoxy) is 2. The fourth-order valence-corrected chi connectivity index (χ4v) is 10.5. The first kappa shape index (κ1) is 20.3. The predicted octanol–water partition coefficient (Wildman–Crippen LogP) is 7.63. The van der Waals surface area contributed by atoms with Crippen LogP contribution in [0.15, 0.2) is 115 Å². The average molecular weight is 499 g/mol. The van der Waals surface area contributed by atoms with Gasteiger partial charge in [-0.25, -0.2) is 0 Å². The maximum Gasteiger partial charge on any atom is 0.140 e. The summed E-state index contributed by atoms with van der Waals surface area (Å²) in [6.45, 7) is 0. The molecule has 8 rings (SSSR count). The van der Waals surface area contributed by atoms with Crippen LogP contribution in [-0.4, -0.2) is 0 Å². The Bertz CT molecular complexity index is 1920. The summed E-state index contributed by atoms with van der Waals surface area (Å²) in [4.78, 5) is 0. The van der Waals surface area contributed by atoms with Gasteiger partial charge in [-0.3, -0.25) is 0 Å². The Balaban J connectivity index is 1.48. The van der Waals surface area contributed by atoms with Gasteiger partial charge in [0.05, 0.1) is 11.3 Å². The summed E-state index contributed by atoms with van der Waals surface area (Å²) < 4.78 is 13.2. The van der Waals surface area contributed by atoms with Crippen molar-refractivity contribution in [2.45, 2.75) is 0 Å². The minimum absolute atomic E-state index is 0.802. The highest BCUT2D eigenvalue weighted by Crippen LogP contribution is 2.60. The molecule has 0 N–H and O–H groups in total. The van der Waals surface area contributed by atoms with E-state index in [4.69, 9.17) is 21.3 Å². The van der Waals surface area contributed by atoms with Gasteiger partial charge in [-0.05, 0) is 63.0 Å². The van der Waals surface area contributed by atoms with Crippen LogP contribution < -0.4 is 25.4 Å². The molecule has 2 aliphatic rings. The largest absolute Gasteiger partial charge is 0.456 e. The second kappa shape index (κ2) is 7.30. The Labute approximate surface area is 213 Å². The van der Waals surface area contributed by atoms with Crippen molar-refractivity contribution in [3.63, 3.8) is 0 Å². The van der Waals surface area contributed by atoms with Gasteiger partial charge in [0.2, 0.25) is 0 Å². The normalized spacial score (nSPS) is 17.0. The predicted molar refractivity (Wildman–Crippen MR) is 153 cm³/mol. The molecular formula is C32H19O2PS. The van der Waals surface area contributed by atoms with Crippen LogP contribution in [-0.2, 0) is 11.8 Å². The zero-order chi connectivity index (χ0) is 23.9. The van der Waals surface area contributed by atoms with E-state index in [1.54, 1.807) is 0 Å². The molecule has 0 aromatic heterocycles. The zero-order valence-electron chi connectivity index (χ0n) is 19.1. The Morgan fingerprint density at radius 2 is 1.14 bits per heavy atom. The van der Waals surface area contributed by atoms with E-state index in [9.17, 15) is 0 Å². The molecule has 4 heteroatoms. The van der Waals surface area contributed by atoms with Crippen molar-refractivity contribution in [1.29, 1.82) is 0 Å². The molecule has 0 unspecified atom stereocenters. The molecule has 0 spiro atoms. The number of benzene rings is 6. The maximum atomic E-state index is 6.77. The molecule has 170 valence electrons. The topological polar surface area (TPSA) is 18.5 Å². The van der Waals surface area contributed by atoms with E-state index >= 15 is 0 Å². The minimum Gasteiger partial charge on any atom is -0.456 e. The molecule has 1 atom stereocenters. The molecule has 0 fully saturated rings. The van der Waals surface area contributed by atoms with Gasteiger partial charge < -0.3 is 9.47 Å². The molecule has 36 heavy (non-hydrogen) atoms. The highest BCUT2D eigenvalue weighted by atomic mass is 32.4. The van der Waals surface area contributed by atoms with E-state index < -0.39 is 6.04 Å². The van der Waals surface area contributed by atoms with Crippen LogP contribution in [0, 0.1) is 0 Å². The third-order valence-electron chi connectivity index (χ3n) is 7.28. The van der Waals surface area contributed by atoms with Crippen LogP contribution in [0.4, 0.5) is 0 Å². The van der Waals surface area contributed by atoms with Crippen LogP contribution in [0.1, 0.15) is 0 Å². The quantitative estimate of drug-likeness (QED) is 0.217. The second-order valence-corrected chi connectivity index (χ2v) is 13.5. The van der Waals surface area contributed by atoms with E-state index in [0.717, 1.165) is 55.4 Å². The van der Waals surface area contributed by atoms with Gasteiger partial charge in [0.25, 0.3) is 0 Å². The summed E-state index contributed by atoms with van der Waals surface area (Å²) in [7, 11) is 0. The van der Waals surface area contributed by atoms with Crippen LogP contribution in [0.3, 0.4) is 0 Å². The molecule has 0 saturated heterocycles. The molecule has 0 radical (unpaired) electrons. The van der Waals surface area contributed by atoms with E-state index in [0.29, 0.717) is 0 Å². The molecular weight excluding hydrogens is 479 g/mol. The Kier molecular flexibility index (Phi) is 4.12. The highest BCUT2D eigenvalue weighted by Gasteiger charge is 2.43. The standard InChI is InChI=1S/C32H19O2PS/c36-35-30-15-6-5-14-26(30)33-28-18-22(24-13-7-10-20-8-1-3-11-23(20)24)19-29(32(28)35)34-27-17-16-21-9-2-4-12-25(21)31(27)35/h1-19H/t35-/m1/s1. The smallest absolute Gasteiger partial charge is 0.140 e. The fourth-order valence-electron chi connectivity index (χ4n) is 5.72. The Hall–Kier alpha value is -3.91. The summed E-state index contributed by atoms with van der Waals surface area (Å²) in [5.74, 6) is 3.30. The second-order valence-electron chi connectivity index (χ2n) is 9.26. The van der Waals surface area contributed by atoms with Crippen molar-refractivity contribution >= 4 is 55.3 Å². The molecule has 0 amide bonds. The molecule has 0 saturated carbocycles. The zero-order valence-corrected chi connectivity index (χ0v) is 20.9. The van der Waals surface area contributed by atoms with Crippen molar-refractivity contribution in [3.8, 4) is 34.1 Å². The van der Waals surface area contributed by atoms with Crippen LogP contribution in [0.25, 0.3) is 32.7 Å². The monoisotopic (exact) mass is 498 g/mol. The van der Waals surface area contributed by atoms with Gasteiger partial charge in [-0.15, -0.1) is 0 Å². The highest BCUT2D eigenvalue weighted by molar-refractivity contribution is 8.26. The van der Waals surface area contributed by atoms with Crippen LogP contribution in [0.5, 0.6) is 23.0 Å². The first-order valence-corrected chi connectivity index (χ1v) is 14.8. The van der Waals surface area contributed by atoms with E-state index in [-0.39, 0.29) is 0 Å². The minimum atomic E-state index is -2.44. The summed E-state index contributed by atoms with van der Waals surface area (Å²) in [6.07, 6.45) is 0. The molecule has 0 bridgehead atoms. The molecule has 2 heterocycles. The number of fused-ring (bicyclic) bond motifs is 7. The van der Waals surface area contributed by atoms with Gasteiger partial charge in [-0.2, -0.15) is 0 Å². The summed E-state index contributed by atoms with van der Waals surface area (Å²) in [6, 6.07) is 37.7. The summed E-state index contributed by atoms with van der Waals surface area (Å²) in [5.41, 5.74) is 2.21.